The van der Waals surface area contributed by atoms with Crippen molar-refractivity contribution in [1.29, 1.82) is 0 Å². The van der Waals surface area contributed by atoms with Gasteiger partial charge in [-0.2, -0.15) is 8.78 Å². The summed E-state index contributed by atoms with van der Waals surface area (Å²) in [5, 5.41) is 2.81. The number of nitrogens with zero attached hydrogens (tertiary/aromatic N) is 1. The summed E-state index contributed by atoms with van der Waals surface area (Å²) in [5.41, 5.74) is 6.11. The van der Waals surface area contributed by atoms with Crippen molar-refractivity contribution in [3.63, 3.8) is 0 Å². The number of benzene rings is 1. The first-order chi connectivity index (χ1) is 10.4. The topological polar surface area (TPSA) is 68.0 Å². The number of hydrogen-bond acceptors (Lipinski definition) is 4. The number of thioether (sulfide) groups is 1. The van der Waals surface area contributed by atoms with E-state index in [1.807, 2.05) is 0 Å². The summed E-state index contributed by atoms with van der Waals surface area (Å²) < 4.78 is 25.0. The van der Waals surface area contributed by atoms with Gasteiger partial charge in [-0.1, -0.05) is 23.2 Å². The molecule has 22 heavy (non-hydrogen) atoms. The number of aromatic nitrogens is 1. The highest BCUT2D eigenvalue weighted by atomic mass is 35.5. The molecule has 0 atom stereocenters. The Hall–Kier alpha value is -1.57. The lowest BCUT2D eigenvalue weighted by atomic mass is 10.2. The number of anilines is 2. The first kappa shape index (κ1) is 16.8. The minimum absolute atomic E-state index is 0.0249. The molecule has 0 fully saturated rings. The molecule has 0 bridgehead atoms. The number of halogens is 4. The highest BCUT2D eigenvalue weighted by Gasteiger charge is 2.17. The highest BCUT2D eigenvalue weighted by molar-refractivity contribution is 7.99. The first-order valence-corrected chi connectivity index (χ1v) is 7.47. The first-order valence-electron chi connectivity index (χ1n) is 5.84. The standard InChI is InChI=1S/C13H9Cl2F2N3OS/c14-8-4-6(5-9(15)10(8)18)20-11(21)7-2-1-3-19-12(7)22-13(16)17/h1-5,13H,18H2,(H,20,21). The molecule has 2 rings (SSSR count). The van der Waals surface area contributed by atoms with Crippen molar-refractivity contribution in [2.45, 2.75) is 10.8 Å². The van der Waals surface area contributed by atoms with Crippen LogP contribution in [0.3, 0.4) is 0 Å². The molecule has 0 saturated heterocycles. The molecule has 116 valence electrons. The van der Waals surface area contributed by atoms with Crippen molar-refractivity contribution < 1.29 is 13.6 Å². The van der Waals surface area contributed by atoms with Crippen molar-refractivity contribution >= 4 is 52.2 Å². The third-order valence-corrected chi connectivity index (χ3v) is 3.91. The van der Waals surface area contributed by atoms with Crippen LogP contribution in [-0.2, 0) is 0 Å². The van der Waals surface area contributed by atoms with Crippen LogP contribution in [0.15, 0.2) is 35.5 Å². The van der Waals surface area contributed by atoms with Crippen LogP contribution >= 0.6 is 35.0 Å². The van der Waals surface area contributed by atoms with E-state index in [2.05, 4.69) is 10.3 Å². The lowest BCUT2D eigenvalue weighted by molar-refractivity contribution is 0.102. The Morgan fingerprint density at radius 3 is 2.55 bits per heavy atom. The number of alkyl halides is 2. The van der Waals surface area contributed by atoms with Crippen molar-refractivity contribution in [3.8, 4) is 0 Å². The summed E-state index contributed by atoms with van der Waals surface area (Å²) in [5.74, 6) is -3.28. The normalized spacial score (nSPS) is 10.8. The van der Waals surface area contributed by atoms with Crippen molar-refractivity contribution in [3.05, 3.63) is 46.1 Å². The summed E-state index contributed by atoms with van der Waals surface area (Å²) >= 11 is 11.9. The molecule has 4 nitrogen and oxygen atoms in total. The number of carbonyl (C=O) groups is 1. The number of nitrogens with one attached hydrogen (secondary N) is 1. The summed E-state index contributed by atoms with van der Waals surface area (Å²) in [6.07, 6.45) is 1.33. The maximum atomic E-state index is 12.5. The molecule has 0 aliphatic rings. The van der Waals surface area contributed by atoms with Crippen LogP contribution in [0.4, 0.5) is 20.2 Å². The smallest absolute Gasteiger partial charge is 0.290 e. The van der Waals surface area contributed by atoms with Crippen LogP contribution in [0.5, 0.6) is 0 Å². The number of nitrogens with two attached hydrogens (primary N) is 1. The molecule has 0 aliphatic carbocycles. The van der Waals surface area contributed by atoms with Gasteiger partial charge in [0.25, 0.3) is 11.7 Å². The Morgan fingerprint density at radius 1 is 1.32 bits per heavy atom. The molecule has 0 saturated carbocycles. The van der Waals surface area contributed by atoms with Gasteiger partial charge >= 0.3 is 0 Å². The monoisotopic (exact) mass is 363 g/mol. The molecule has 1 heterocycles. The molecule has 2 aromatic rings. The zero-order valence-electron chi connectivity index (χ0n) is 10.8. The number of pyridine rings is 1. The molecule has 1 amide bonds. The van der Waals surface area contributed by atoms with Gasteiger partial charge < -0.3 is 11.1 Å². The van der Waals surface area contributed by atoms with E-state index in [1.165, 1.54) is 30.5 Å². The van der Waals surface area contributed by atoms with Gasteiger partial charge in [0.2, 0.25) is 0 Å². The van der Waals surface area contributed by atoms with Gasteiger partial charge in [-0.25, -0.2) is 4.98 Å². The van der Waals surface area contributed by atoms with Gasteiger partial charge in [-0.05, 0) is 36.0 Å². The average molecular weight is 364 g/mol. The largest absolute Gasteiger partial charge is 0.396 e. The van der Waals surface area contributed by atoms with Crippen molar-refractivity contribution in [2.24, 2.45) is 0 Å². The Kier molecular flexibility index (Phi) is 5.44. The molecule has 0 spiro atoms. The van der Waals surface area contributed by atoms with Gasteiger partial charge in [0.1, 0.15) is 5.03 Å². The second kappa shape index (κ2) is 7.13. The maximum absolute atomic E-state index is 12.5. The van der Waals surface area contributed by atoms with E-state index in [-0.39, 0.29) is 38.1 Å². The fourth-order valence-electron chi connectivity index (χ4n) is 1.60. The van der Waals surface area contributed by atoms with Crippen LogP contribution in [-0.4, -0.2) is 16.6 Å². The van der Waals surface area contributed by atoms with Crippen LogP contribution in [0.1, 0.15) is 10.4 Å². The van der Waals surface area contributed by atoms with Crippen LogP contribution in [0.25, 0.3) is 0 Å². The maximum Gasteiger partial charge on any atom is 0.290 e. The third kappa shape index (κ3) is 4.00. The van der Waals surface area contributed by atoms with Gasteiger partial charge in [0, 0.05) is 11.9 Å². The lowest BCUT2D eigenvalue weighted by Gasteiger charge is -2.10. The minimum Gasteiger partial charge on any atom is -0.396 e. The zero-order chi connectivity index (χ0) is 16.3. The quantitative estimate of drug-likeness (QED) is 0.618. The molecule has 0 unspecified atom stereocenters. The molecule has 9 heteroatoms. The third-order valence-electron chi connectivity index (χ3n) is 2.55. The Morgan fingerprint density at radius 2 is 1.95 bits per heavy atom. The van der Waals surface area contributed by atoms with E-state index >= 15 is 0 Å². The Balaban J connectivity index is 2.26. The average Bonchev–Trinajstić information content (AvgIpc) is 2.44. The SMILES string of the molecule is Nc1c(Cl)cc(NC(=O)c2cccnc2SC(F)F)cc1Cl. The Labute approximate surface area is 139 Å². The minimum atomic E-state index is -2.68. The van der Waals surface area contributed by atoms with Crippen molar-refractivity contribution in [1.82, 2.24) is 4.98 Å². The van der Waals surface area contributed by atoms with E-state index in [4.69, 9.17) is 28.9 Å². The number of carbonyl (C=O) groups excluding carboxylic acids is 1. The number of nitrogen functional groups attached to an aromatic ring is 1. The fourth-order valence-corrected chi connectivity index (χ4v) is 2.66. The molecule has 0 aliphatic heterocycles. The molecule has 3 N–H and O–H groups in total. The van der Waals surface area contributed by atoms with Crippen molar-refractivity contribution in [2.75, 3.05) is 11.1 Å². The van der Waals surface area contributed by atoms with E-state index in [9.17, 15) is 13.6 Å². The summed E-state index contributed by atoms with van der Waals surface area (Å²) in [4.78, 5) is 16.0. The van der Waals surface area contributed by atoms with Crippen LogP contribution < -0.4 is 11.1 Å². The summed E-state index contributed by atoms with van der Waals surface area (Å²) in [7, 11) is 0. The molecular weight excluding hydrogens is 355 g/mol. The van der Waals surface area contributed by atoms with E-state index in [0.717, 1.165) is 0 Å². The van der Waals surface area contributed by atoms with Gasteiger partial charge in [-0.15, -0.1) is 0 Å². The summed E-state index contributed by atoms with van der Waals surface area (Å²) in [6.45, 7) is 0. The van der Waals surface area contributed by atoms with E-state index < -0.39 is 11.7 Å². The van der Waals surface area contributed by atoms with E-state index in [1.54, 1.807) is 0 Å². The second-order valence-electron chi connectivity index (χ2n) is 4.04. The second-order valence-corrected chi connectivity index (χ2v) is 5.84. The molecule has 1 aromatic heterocycles. The summed E-state index contributed by atoms with van der Waals surface area (Å²) in [6, 6.07) is 5.70. The van der Waals surface area contributed by atoms with Crippen LogP contribution in [0, 0.1) is 0 Å². The van der Waals surface area contributed by atoms with Gasteiger partial charge in [0.05, 0.1) is 21.3 Å². The number of hydrogen-bond donors (Lipinski definition) is 2. The predicted octanol–water partition coefficient (Wildman–Crippen LogP) is 4.54. The van der Waals surface area contributed by atoms with Crippen LogP contribution in [0.2, 0.25) is 10.0 Å². The number of rotatable bonds is 4. The molecule has 0 radical (unpaired) electrons. The lowest BCUT2D eigenvalue weighted by Crippen LogP contribution is -2.14. The van der Waals surface area contributed by atoms with E-state index in [0.29, 0.717) is 5.69 Å². The van der Waals surface area contributed by atoms with Gasteiger partial charge in [0.15, 0.2) is 0 Å². The Bertz CT molecular complexity index is 692. The van der Waals surface area contributed by atoms with Gasteiger partial charge in [-0.3, -0.25) is 4.79 Å². The predicted molar refractivity (Wildman–Crippen MR) is 84.9 cm³/mol. The zero-order valence-corrected chi connectivity index (χ0v) is 13.1. The molecular formula is C13H9Cl2F2N3OS. The molecule has 1 aromatic carbocycles. The fraction of sp³-hybridized carbons (Fsp3) is 0.0769. The number of amides is 1. The highest BCUT2D eigenvalue weighted by Crippen LogP contribution is 2.32.